The molecule has 106 valence electrons. The first-order chi connectivity index (χ1) is 9.60. The highest BCUT2D eigenvalue weighted by Crippen LogP contribution is 2.14. The van der Waals surface area contributed by atoms with Crippen molar-refractivity contribution >= 4 is 5.91 Å². The SMILES string of the molecule is CC[C@@H](C)NC(=O)Cc1cccn1-c1ccc(F)cc1. The van der Waals surface area contributed by atoms with Crippen molar-refractivity contribution in [3.8, 4) is 5.69 Å². The van der Waals surface area contributed by atoms with Crippen LogP contribution in [0.4, 0.5) is 4.39 Å². The second kappa shape index (κ2) is 6.37. The Bertz CT molecular complexity index is 574. The Morgan fingerprint density at radius 3 is 2.65 bits per heavy atom. The molecule has 0 saturated heterocycles. The van der Waals surface area contributed by atoms with E-state index < -0.39 is 0 Å². The van der Waals surface area contributed by atoms with Crippen LogP contribution in [0.3, 0.4) is 0 Å². The van der Waals surface area contributed by atoms with Gasteiger partial charge in [-0.15, -0.1) is 0 Å². The van der Waals surface area contributed by atoms with E-state index in [-0.39, 0.29) is 17.8 Å². The summed E-state index contributed by atoms with van der Waals surface area (Å²) in [5, 5.41) is 2.94. The minimum absolute atomic E-state index is 0.00131. The molecule has 1 aromatic carbocycles. The minimum Gasteiger partial charge on any atom is -0.353 e. The molecule has 0 saturated carbocycles. The number of nitrogens with one attached hydrogen (secondary N) is 1. The van der Waals surface area contributed by atoms with Gasteiger partial charge in [0, 0.05) is 23.6 Å². The molecule has 20 heavy (non-hydrogen) atoms. The summed E-state index contributed by atoms with van der Waals surface area (Å²) in [4.78, 5) is 11.9. The Labute approximate surface area is 118 Å². The average Bonchev–Trinajstić information content (AvgIpc) is 2.87. The molecule has 0 aliphatic carbocycles. The molecule has 2 aromatic rings. The van der Waals surface area contributed by atoms with Crippen LogP contribution in [0.1, 0.15) is 26.0 Å². The summed E-state index contributed by atoms with van der Waals surface area (Å²) in [6.07, 6.45) is 3.10. The van der Waals surface area contributed by atoms with Crippen LogP contribution in [0.25, 0.3) is 5.69 Å². The molecule has 0 aliphatic heterocycles. The molecule has 0 radical (unpaired) electrons. The first kappa shape index (κ1) is 14.3. The molecule has 0 aliphatic rings. The highest BCUT2D eigenvalue weighted by Gasteiger charge is 2.10. The zero-order valence-corrected chi connectivity index (χ0v) is 11.8. The minimum atomic E-state index is -0.267. The molecule has 0 fully saturated rings. The van der Waals surface area contributed by atoms with E-state index in [1.54, 1.807) is 12.1 Å². The Hall–Kier alpha value is -2.10. The highest BCUT2D eigenvalue weighted by molar-refractivity contribution is 5.78. The van der Waals surface area contributed by atoms with E-state index in [2.05, 4.69) is 5.32 Å². The van der Waals surface area contributed by atoms with Crippen molar-refractivity contribution in [2.45, 2.75) is 32.7 Å². The number of carbonyl (C=O) groups excluding carboxylic acids is 1. The van der Waals surface area contributed by atoms with Crippen LogP contribution in [0.2, 0.25) is 0 Å². The van der Waals surface area contributed by atoms with E-state index in [1.165, 1.54) is 12.1 Å². The summed E-state index contributed by atoms with van der Waals surface area (Å²) < 4.78 is 14.8. The summed E-state index contributed by atoms with van der Waals surface area (Å²) >= 11 is 0. The van der Waals surface area contributed by atoms with E-state index in [1.807, 2.05) is 36.7 Å². The van der Waals surface area contributed by atoms with Gasteiger partial charge in [0.1, 0.15) is 5.82 Å². The number of carbonyl (C=O) groups is 1. The van der Waals surface area contributed by atoms with Crippen molar-refractivity contribution < 1.29 is 9.18 Å². The van der Waals surface area contributed by atoms with Gasteiger partial charge in [0.15, 0.2) is 0 Å². The Kier molecular flexibility index (Phi) is 4.56. The predicted octanol–water partition coefficient (Wildman–Crippen LogP) is 3.07. The normalized spacial score (nSPS) is 12.2. The van der Waals surface area contributed by atoms with Gasteiger partial charge in [0.25, 0.3) is 0 Å². The van der Waals surface area contributed by atoms with E-state index in [0.29, 0.717) is 6.42 Å². The molecule has 0 spiro atoms. The van der Waals surface area contributed by atoms with Crippen LogP contribution >= 0.6 is 0 Å². The summed E-state index contributed by atoms with van der Waals surface area (Å²) in [7, 11) is 0. The standard InChI is InChI=1S/C16H19FN2O/c1-3-12(2)18-16(20)11-15-5-4-10-19(15)14-8-6-13(17)7-9-14/h4-10,12H,3,11H2,1-2H3,(H,18,20)/t12-/m1/s1. The predicted molar refractivity (Wildman–Crippen MR) is 77.3 cm³/mol. The lowest BCUT2D eigenvalue weighted by Gasteiger charge is -2.13. The van der Waals surface area contributed by atoms with Gasteiger partial charge in [-0.2, -0.15) is 0 Å². The van der Waals surface area contributed by atoms with Crippen LogP contribution in [0.15, 0.2) is 42.6 Å². The fraction of sp³-hybridized carbons (Fsp3) is 0.312. The monoisotopic (exact) mass is 274 g/mol. The number of rotatable bonds is 5. The maximum Gasteiger partial charge on any atom is 0.226 e. The summed E-state index contributed by atoms with van der Waals surface area (Å²) in [6, 6.07) is 10.2. The second-order valence-corrected chi connectivity index (χ2v) is 4.90. The number of hydrogen-bond acceptors (Lipinski definition) is 1. The lowest BCUT2D eigenvalue weighted by molar-refractivity contribution is -0.121. The Morgan fingerprint density at radius 1 is 1.30 bits per heavy atom. The van der Waals surface area contributed by atoms with Gasteiger partial charge in [0.2, 0.25) is 5.91 Å². The van der Waals surface area contributed by atoms with Gasteiger partial charge in [0.05, 0.1) is 6.42 Å². The molecule has 1 aromatic heterocycles. The van der Waals surface area contributed by atoms with Gasteiger partial charge in [-0.25, -0.2) is 4.39 Å². The average molecular weight is 274 g/mol. The van der Waals surface area contributed by atoms with Crippen molar-refractivity contribution in [1.82, 2.24) is 9.88 Å². The van der Waals surface area contributed by atoms with Crippen LogP contribution in [-0.4, -0.2) is 16.5 Å². The van der Waals surface area contributed by atoms with Crippen molar-refractivity contribution in [2.75, 3.05) is 0 Å². The molecular weight excluding hydrogens is 255 g/mol. The fourth-order valence-corrected chi connectivity index (χ4v) is 2.01. The first-order valence-electron chi connectivity index (χ1n) is 6.81. The third kappa shape index (κ3) is 3.47. The zero-order valence-electron chi connectivity index (χ0n) is 11.8. The third-order valence-corrected chi connectivity index (χ3v) is 3.30. The number of halogens is 1. The number of nitrogens with zero attached hydrogens (tertiary/aromatic N) is 1. The summed E-state index contributed by atoms with van der Waals surface area (Å²) in [5.74, 6) is -0.265. The zero-order chi connectivity index (χ0) is 14.5. The summed E-state index contributed by atoms with van der Waals surface area (Å²) in [5.41, 5.74) is 1.74. The molecule has 1 atom stereocenters. The largest absolute Gasteiger partial charge is 0.353 e. The third-order valence-electron chi connectivity index (χ3n) is 3.30. The highest BCUT2D eigenvalue weighted by atomic mass is 19.1. The molecule has 2 rings (SSSR count). The molecule has 1 amide bonds. The quantitative estimate of drug-likeness (QED) is 0.893. The Balaban J connectivity index is 2.13. The first-order valence-corrected chi connectivity index (χ1v) is 6.81. The van der Waals surface area contributed by atoms with Crippen LogP contribution in [0.5, 0.6) is 0 Å². The maximum absolute atomic E-state index is 12.9. The van der Waals surface area contributed by atoms with E-state index in [0.717, 1.165) is 17.8 Å². The molecule has 3 nitrogen and oxygen atoms in total. The van der Waals surface area contributed by atoms with E-state index >= 15 is 0 Å². The van der Waals surface area contributed by atoms with Crippen LogP contribution < -0.4 is 5.32 Å². The van der Waals surface area contributed by atoms with Crippen molar-refractivity contribution in [1.29, 1.82) is 0 Å². The number of aromatic nitrogens is 1. The lowest BCUT2D eigenvalue weighted by atomic mass is 10.2. The number of hydrogen-bond donors (Lipinski definition) is 1. The van der Waals surface area contributed by atoms with Crippen molar-refractivity contribution in [3.63, 3.8) is 0 Å². The Morgan fingerprint density at radius 2 is 2.00 bits per heavy atom. The van der Waals surface area contributed by atoms with Gasteiger partial charge < -0.3 is 9.88 Å². The smallest absolute Gasteiger partial charge is 0.226 e. The fourth-order valence-electron chi connectivity index (χ4n) is 2.01. The van der Waals surface area contributed by atoms with Gasteiger partial charge in [-0.05, 0) is 49.7 Å². The summed E-state index contributed by atoms with van der Waals surface area (Å²) in [6.45, 7) is 4.02. The van der Waals surface area contributed by atoms with Crippen molar-refractivity contribution in [3.05, 3.63) is 54.1 Å². The number of amides is 1. The van der Waals surface area contributed by atoms with Crippen LogP contribution in [0, 0.1) is 5.82 Å². The van der Waals surface area contributed by atoms with Gasteiger partial charge in [-0.3, -0.25) is 4.79 Å². The maximum atomic E-state index is 12.9. The van der Waals surface area contributed by atoms with E-state index in [9.17, 15) is 9.18 Å². The molecule has 0 unspecified atom stereocenters. The molecular formula is C16H19FN2O. The molecule has 0 bridgehead atoms. The lowest BCUT2D eigenvalue weighted by Crippen LogP contribution is -2.33. The topological polar surface area (TPSA) is 34.0 Å². The molecule has 1 N–H and O–H groups in total. The molecule has 1 heterocycles. The van der Waals surface area contributed by atoms with Crippen LogP contribution in [-0.2, 0) is 11.2 Å². The second-order valence-electron chi connectivity index (χ2n) is 4.90. The van der Waals surface area contributed by atoms with Gasteiger partial charge >= 0.3 is 0 Å². The van der Waals surface area contributed by atoms with E-state index in [4.69, 9.17) is 0 Å². The van der Waals surface area contributed by atoms with Gasteiger partial charge in [-0.1, -0.05) is 6.92 Å². The molecule has 4 heteroatoms. The number of benzene rings is 1. The van der Waals surface area contributed by atoms with Crippen molar-refractivity contribution in [2.24, 2.45) is 0 Å².